The van der Waals surface area contributed by atoms with Gasteiger partial charge in [0, 0.05) is 10.8 Å². The standard InChI is InChI=1S/C20H25N5O2S/c1-12(2)27-15-9-7-14(8-10-15)25-13(3)17(23-24-25)18(26)22-19-21-16(11-28-19)20(4,5)6/h7-12H,1-6H3,(H,21,22,26). The van der Waals surface area contributed by atoms with Crippen molar-refractivity contribution in [1.82, 2.24) is 20.0 Å². The summed E-state index contributed by atoms with van der Waals surface area (Å²) in [6, 6.07) is 7.52. The SMILES string of the molecule is Cc1c(C(=O)Nc2nc(C(C)(C)C)cs2)nnn1-c1ccc(OC(C)C)cc1. The first-order chi connectivity index (χ1) is 13.1. The molecule has 3 aromatic rings. The monoisotopic (exact) mass is 399 g/mol. The highest BCUT2D eigenvalue weighted by molar-refractivity contribution is 7.14. The highest BCUT2D eigenvalue weighted by Gasteiger charge is 2.21. The average Bonchev–Trinajstić information content (AvgIpc) is 3.22. The number of aromatic nitrogens is 4. The van der Waals surface area contributed by atoms with E-state index in [2.05, 4.69) is 41.4 Å². The third-order valence-corrected chi connectivity index (χ3v) is 4.81. The normalized spacial score (nSPS) is 11.7. The number of hydrogen-bond donors (Lipinski definition) is 1. The van der Waals surface area contributed by atoms with Gasteiger partial charge in [-0.15, -0.1) is 16.4 Å². The largest absolute Gasteiger partial charge is 0.491 e. The summed E-state index contributed by atoms with van der Waals surface area (Å²) in [5.74, 6) is 0.464. The van der Waals surface area contributed by atoms with Gasteiger partial charge in [-0.3, -0.25) is 10.1 Å². The molecule has 1 N–H and O–H groups in total. The highest BCUT2D eigenvalue weighted by atomic mass is 32.1. The van der Waals surface area contributed by atoms with Crippen LogP contribution in [0, 0.1) is 6.92 Å². The highest BCUT2D eigenvalue weighted by Crippen LogP contribution is 2.26. The zero-order valence-corrected chi connectivity index (χ0v) is 17.8. The van der Waals surface area contributed by atoms with Crippen molar-refractivity contribution in [2.24, 2.45) is 0 Å². The lowest BCUT2D eigenvalue weighted by Crippen LogP contribution is -2.15. The number of hydrogen-bond acceptors (Lipinski definition) is 6. The van der Waals surface area contributed by atoms with E-state index in [9.17, 15) is 4.79 Å². The van der Waals surface area contributed by atoms with Crippen LogP contribution < -0.4 is 10.1 Å². The van der Waals surface area contributed by atoms with E-state index in [1.807, 2.05) is 50.4 Å². The summed E-state index contributed by atoms with van der Waals surface area (Å²) >= 11 is 1.40. The maximum Gasteiger partial charge on any atom is 0.279 e. The van der Waals surface area contributed by atoms with E-state index >= 15 is 0 Å². The molecule has 0 saturated heterocycles. The molecule has 1 amide bonds. The molecule has 0 fully saturated rings. The van der Waals surface area contributed by atoms with Crippen LogP contribution in [0.5, 0.6) is 5.75 Å². The van der Waals surface area contributed by atoms with Gasteiger partial charge in [0.15, 0.2) is 10.8 Å². The molecule has 0 aliphatic rings. The summed E-state index contributed by atoms with van der Waals surface area (Å²) in [4.78, 5) is 17.1. The van der Waals surface area contributed by atoms with Crippen molar-refractivity contribution in [3.05, 3.63) is 46.7 Å². The van der Waals surface area contributed by atoms with Crippen molar-refractivity contribution in [2.75, 3.05) is 5.32 Å². The van der Waals surface area contributed by atoms with Crippen LogP contribution in [0.3, 0.4) is 0 Å². The van der Waals surface area contributed by atoms with Crippen molar-refractivity contribution < 1.29 is 9.53 Å². The number of rotatable bonds is 5. The van der Waals surface area contributed by atoms with Crippen LogP contribution in [0.4, 0.5) is 5.13 Å². The fourth-order valence-electron chi connectivity index (χ4n) is 2.55. The van der Waals surface area contributed by atoms with E-state index in [0.717, 1.165) is 17.1 Å². The molecule has 28 heavy (non-hydrogen) atoms. The van der Waals surface area contributed by atoms with Gasteiger partial charge in [-0.2, -0.15) is 0 Å². The number of benzene rings is 1. The minimum absolute atomic E-state index is 0.0655. The fourth-order valence-corrected chi connectivity index (χ4v) is 3.49. The average molecular weight is 400 g/mol. The van der Waals surface area contributed by atoms with E-state index in [-0.39, 0.29) is 23.1 Å². The van der Waals surface area contributed by atoms with Crippen LogP contribution in [0.1, 0.15) is 56.5 Å². The quantitative estimate of drug-likeness (QED) is 0.689. The van der Waals surface area contributed by atoms with Crippen LogP contribution in [0.2, 0.25) is 0 Å². The fraction of sp³-hybridized carbons (Fsp3) is 0.400. The minimum Gasteiger partial charge on any atom is -0.491 e. The van der Waals surface area contributed by atoms with E-state index < -0.39 is 0 Å². The summed E-state index contributed by atoms with van der Waals surface area (Å²) in [7, 11) is 0. The van der Waals surface area contributed by atoms with Gasteiger partial charge < -0.3 is 4.74 Å². The summed E-state index contributed by atoms with van der Waals surface area (Å²) in [6.07, 6.45) is 0.110. The minimum atomic E-state index is -0.321. The van der Waals surface area contributed by atoms with Crippen LogP contribution in [0.15, 0.2) is 29.6 Å². The predicted octanol–water partition coefficient (Wildman–Crippen LogP) is 4.37. The molecule has 0 aliphatic carbocycles. The Morgan fingerprint density at radius 3 is 2.46 bits per heavy atom. The molecule has 2 aromatic heterocycles. The van der Waals surface area contributed by atoms with Gasteiger partial charge in [0.25, 0.3) is 5.91 Å². The molecule has 3 rings (SSSR count). The number of ether oxygens (including phenoxy) is 1. The van der Waals surface area contributed by atoms with Crippen molar-refractivity contribution in [3.8, 4) is 11.4 Å². The number of nitrogens with zero attached hydrogens (tertiary/aromatic N) is 4. The molecule has 0 aliphatic heterocycles. The first kappa shape index (κ1) is 20.0. The van der Waals surface area contributed by atoms with Crippen molar-refractivity contribution in [2.45, 2.75) is 53.1 Å². The lowest BCUT2D eigenvalue weighted by molar-refractivity contribution is 0.102. The molecule has 8 heteroatoms. The first-order valence-corrected chi connectivity index (χ1v) is 10.00. The van der Waals surface area contributed by atoms with Gasteiger partial charge in [0.05, 0.1) is 23.2 Å². The zero-order valence-electron chi connectivity index (χ0n) is 17.0. The first-order valence-electron chi connectivity index (χ1n) is 9.12. The van der Waals surface area contributed by atoms with Crippen LogP contribution in [-0.2, 0) is 5.41 Å². The van der Waals surface area contributed by atoms with Crippen LogP contribution >= 0.6 is 11.3 Å². The Morgan fingerprint density at radius 1 is 1.21 bits per heavy atom. The predicted molar refractivity (Wildman–Crippen MR) is 111 cm³/mol. The molecular weight excluding hydrogens is 374 g/mol. The molecule has 0 radical (unpaired) electrons. The van der Waals surface area contributed by atoms with Crippen molar-refractivity contribution in [1.29, 1.82) is 0 Å². The Balaban J connectivity index is 1.77. The Kier molecular flexibility index (Phi) is 5.51. The Labute approximate surface area is 168 Å². The molecule has 1 aromatic carbocycles. The van der Waals surface area contributed by atoms with Gasteiger partial charge in [-0.05, 0) is 45.0 Å². The summed E-state index contributed by atoms with van der Waals surface area (Å²) in [6.45, 7) is 12.0. The van der Waals surface area contributed by atoms with Crippen LogP contribution in [-0.4, -0.2) is 32.0 Å². The molecular formula is C20H25N5O2S. The second-order valence-corrected chi connectivity index (χ2v) is 8.70. The maximum absolute atomic E-state index is 12.6. The molecule has 7 nitrogen and oxygen atoms in total. The summed E-state index contributed by atoms with van der Waals surface area (Å²) < 4.78 is 7.29. The zero-order chi connectivity index (χ0) is 20.5. The molecule has 0 atom stereocenters. The molecule has 148 valence electrons. The second kappa shape index (κ2) is 7.71. The van der Waals surface area contributed by atoms with E-state index in [0.29, 0.717) is 10.8 Å². The topological polar surface area (TPSA) is 81.9 Å². The second-order valence-electron chi connectivity index (χ2n) is 7.84. The van der Waals surface area contributed by atoms with E-state index in [1.165, 1.54) is 11.3 Å². The van der Waals surface area contributed by atoms with Gasteiger partial charge in [-0.25, -0.2) is 9.67 Å². The van der Waals surface area contributed by atoms with E-state index in [1.54, 1.807) is 4.68 Å². The van der Waals surface area contributed by atoms with Crippen molar-refractivity contribution in [3.63, 3.8) is 0 Å². The third-order valence-electron chi connectivity index (χ3n) is 4.06. The van der Waals surface area contributed by atoms with Gasteiger partial charge in [-0.1, -0.05) is 26.0 Å². The Morgan fingerprint density at radius 2 is 1.89 bits per heavy atom. The summed E-state index contributed by atoms with van der Waals surface area (Å²) in [5.41, 5.74) is 2.61. The molecule has 0 saturated carbocycles. The number of anilines is 1. The lowest BCUT2D eigenvalue weighted by Gasteiger charge is -2.14. The lowest BCUT2D eigenvalue weighted by atomic mass is 9.93. The number of thiazole rings is 1. The van der Waals surface area contributed by atoms with Gasteiger partial charge in [0.2, 0.25) is 0 Å². The number of nitrogens with one attached hydrogen (secondary N) is 1. The third kappa shape index (κ3) is 4.39. The Bertz CT molecular complexity index is 967. The van der Waals surface area contributed by atoms with Gasteiger partial charge >= 0.3 is 0 Å². The molecule has 0 unspecified atom stereocenters. The van der Waals surface area contributed by atoms with Gasteiger partial charge in [0.1, 0.15) is 5.75 Å². The van der Waals surface area contributed by atoms with Crippen molar-refractivity contribution >= 4 is 22.4 Å². The summed E-state index contributed by atoms with van der Waals surface area (Å²) in [5, 5.41) is 13.5. The molecule has 2 heterocycles. The molecule has 0 bridgehead atoms. The number of carbonyl (C=O) groups is 1. The molecule has 0 spiro atoms. The maximum atomic E-state index is 12.6. The van der Waals surface area contributed by atoms with E-state index in [4.69, 9.17) is 4.74 Å². The number of carbonyl (C=O) groups excluding carboxylic acids is 1. The smallest absolute Gasteiger partial charge is 0.279 e. The van der Waals surface area contributed by atoms with Crippen LogP contribution in [0.25, 0.3) is 5.69 Å². The number of amides is 1. The Hall–Kier alpha value is -2.74.